The number of amides is 1. The molecule has 1 rings (SSSR count). The standard InChI is InChI=1S/C11H14F2N2O/c1-14-15-11(16)4-2-3-8-5-6-9(12)7-10(8)13/h5-7,14H,2-4H2,1H3,(H,15,16). The van der Waals surface area contributed by atoms with Crippen LogP contribution in [-0.2, 0) is 11.2 Å². The summed E-state index contributed by atoms with van der Waals surface area (Å²) in [5, 5.41) is 0. The predicted octanol–water partition coefficient (Wildman–Crippen LogP) is 1.54. The number of hydrogen-bond donors (Lipinski definition) is 2. The van der Waals surface area contributed by atoms with E-state index in [2.05, 4.69) is 10.9 Å². The first-order valence-electron chi connectivity index (χ1n) is 5.03. The van der Waals surface area contributed by atoms with Gasteiger partial charge in [-0.05, 0) is 24.5 Å². The highest BCUT2D eigenvalue weighted by Gasteiger charge is 2.05. The molecule has 0 atom stereocenters. The monoisotopic (exact) mass is 228 g/mol. The van der Waals surface area contributed by atoms with E-state index in [0.717, 1.165) is 6.07 Å². The minimum Gasteiger partial charge on any atom is -0.292 e. The van der Waals surface area contributed by atoms with Gasteiger partial charge in [0, 0.05) is 19.5 Å². The number of hydrazine groups is 1. The lowest BCUT2D eigenvalue weighted by molar-refractivity contribution is -0.122. The van der Waals surface area contributed by atoms with E-state index in [1.54, 1.807) is 7.05 Å². The summed E-state index contributed by atoms with van der Waals surface area (Å²) >= 11 is 0. The molecule has 88 valence electrons. The van der Waals surface area contributed by atoms with E-state index < -0.39 is 11.6 Å². The van der Waals surface area contributed by atoms with Gasteiger partial charge in [-0.15, -0.1) is 0 Å². The molecule has 0 fully saturated rings. The van der Waals surface area contributed by atoms with Crippen molar-refractivity contribution in [3.63, 3.8) is 0 Å². The molecule has 0 aliphatic carbocycles. The first-order valence-corrected chi connectivity index (χ1v) is 5.03. The number of carbonyl (C=O) groups excluding carboxylic acids is 1. The summed E-state index contributed by atoms with van der Waals surface area (Å²) in [6.07, 6.45) is 1.25. The van der Waals surface area contributed by atoms with Crippen LogP contribution in [0.2, 0.25) is 0 Å². The van der Waals surface area contributed by atoms with Crippen LogP contribution in [0.3, 0.4) is 0 Å². The zero-order valence-corrected chi connectivity index (χ0v) is 9.02. The Balaban J connectivity index is 2.40. The first-order chi connectivity index (χ1) is 7.63. The SMILES string of the molecule is CNNC(=O)CCCc1ccc(F)cc1F. The normalized spacial score (nSPS) is 10.2. The highest BCUT2D eigenvalue weighted by molar-refractivity contribution is 5.75. The zero-order chi connectivity index (χ0) is 12.0. The summed E-state index contributed by atoms with van der Waals surface area (Å²) in [6.45, 7) is 0. The second kappa shape index (κ2) is 6.17. The molecule has 0 bridgehead atoms. The van der Waals surface area contributed by atoms with Gasteiger partial charge in [-0.2, -0.15) is 0 Å². The molecular formula is C11H14F2N2O. The average molecular weight is 228 g/mol. The highest BCUT2D eigenvalue weighted by Crippen LogP contribution is 2.12. The van der Waals surface area contributed by atoms with E-state index in [9.17, 15) is 13.6 Å². The summed E-state index contributed by atoms with van der Waals surface area (Å²) in [7, 11) is 1.59. The van der Waals surface area contributed by atoms with Crippen LogP contribution in [0.25, 0.3) is 0 Å². The third kappa shape index (κ3) is 3.94. The van der Waals surface area contributed by atoms with Crippen molar-refractivity contribution in [1.29, 1.82) is 0 Å². The third-order valence-electron chi connectivity index (χ3n) is 2.13. The topological polar surface area (TPSA) is 41.1 Å². The number of nitrogens with one attached hydrogen (secondary N) is 2. The Morgan fingerprint density at radius 2 is 2.12 bits per heavy atom. The third-order valence-corrected chi connectivity index (χ3v) is 2.13. The minimum absolute atomic E-state index is 0.148. The van der Waals surface area contributed by atoms with E-state index >= 15 is 0 Å². The predicted molar refractivity (Wildman–Crippen MR) is 56.5 cm³/mol. The van der Waals surface area contributed by atoms with E-state index in [4.69, 9.17) is 0 Å². The Morgan fingerprint density at radius 1 is 1.38 bits per heavy atom. The molecule has 1 aromatic rings. The van der Waals surface area contributed by atoms with Gasteiger partial charge in [-0.3, -0.25) is 10.2 Å². The Morgan fingerprint density at radius 3 is 2.75 bits per heavy atom. The van der Waals surface area contributed by atoms with Crippen LogP contribution in [-0.4, -0.2) is 13.0 Å². The lowest BCUT2D eigenvalue weighted by atomic mass is 10.1. The maximum Gasteiger partial charge on any atom is 0.234 e. The van der Waals surface area contributed by atoms with Crippen molar-refractivity contribution in [1.82, 2.24) is 10.9 Å². The lowest BCUT2D eigenvalue weighted by Crippen LogP contribution is -2.33. The number of rotatable bonds is 5. The van der Waals surface area contributed by atoms with Crippen molar-refractivity contribution in [2.24, 2.45) is 0 Å². The molecule has 0 heterocycles. The Hall–Kier alpha value is -1.49. The van der Waals surface area contributed by atoms with Gasteiger partial charge in [0.2, 0.25) is 5.91 Å². The van der Waals surface area contributed by atoms with Gasteiger partial charge in [0.1, 0.15) is 11.6 Å². The number of halogens is 2. The van der Waals surface area contributed by atoms with E-state index in [1.807, 2.05) is 0 Å². The van der Waals surface area contributed by atoms with Crippen molar-refractivity contribution >= 4 is 5.91 Å². The maximum absolute atomic E-state index is 13.2. The van der Waals surface area contributed by atoms with Crippen LogP contribution in [0, 0.1) is 11.6 Å². The molecule has 0 saturated carbocycles. The molecule has 2 N–H and O–H groups in total. The molecule has 1 amide bonds. The van der Waals surface area contributed by atoms with Gasteiger partial charge in [0.15, 0.2) is 0 Å². The number of carbonyl (C=O) groups is 1. The summed E-state index contributed by atoms with van der Waals surface area (Å²) in [4.78, 5) is 11.0. The Bertz CT molecular complexity index is 369. The van der Waals surface area contributed by atoms with Crippen molar-refractivity contribution < 1.29 is 13.6 Å². The number of hydrogen-bond acceptors (Lipinski definition) is 2. The maximum atomic E-state index is 13.2. The van der Waals surface area contributed by atoms with Crippen molar-refractivity contribution in [2.75, 3.05) is 7.05 Å². The summed E-state index contributed by atoms with van der Waals surface area (Å²) < 4.78 is 25.8. The smallest absolute Gasteiger partial charge is 0.234 e. The van der Waals surface area contributed by atoms with Crippen LogP contribution in [0.1, 0.15) is 18.4 Å². The van der Waals surface area contributed by atoms with Crippen LogP contribution in [0.15, 0.2) is 18.2 Å². The zero-order valence-electron chi connectivity index (χ0n) is 9.02. The van der Waals surface area contributed by atoms with Crippen LogP contribution < -0.4 is 10.9 Å². The van der Waals surface area contributed by atoms with Crippen molar-refractivity contribution in [2.45, 2.75) is 19.3 Å². The molecule has 0 aliphatic heterocycles. The van der Waals surface area contributed by atoms with Gasteiger partial charge in [0.05, 0.1) is 0 Å². The van der Waals surface area contributed by atoms with Crippen LogP contribution in [0.5, 0.6) is 0 Å². The Kier molecular flexibility index (Phi) is 4.85. The summed E-state index contributed by atoms with van der Waals surface area (Å²) in [6, 6.07) is 3.47. The molecule has 0 unspecified atom stereocenters. The molecular weight excluding hydrogens is 214 g/mol. The number of aryl methyl sites for hydroxylation is 1. The van der Waals surface area contributed by atoms with Gasteiger partial charge >= 0.3 is 0 Å². The first kappa shape index (κ1) is 12.6. The van der Waals surface area contributed by atoms with Crippen molar-refractivity contribution in [3.05, 3.63) is 35.4 Å². The molecule has 5 heteroatoms. The molecule has 0 radical (unpaired) electrons. The largest absolute Gasteiger partial charge is 0.292 e. The minimum atomic E-state index is -0.589. The fraction of sp³-hybridized carbons (Fsp3) is 0.364. The van der Waals surface area contributed by atoms with Gasteiger partial charge in [-0.25, -0.2) is 14.2 Å². The second-order valence-electron chi connectivity index (χ2n) is 3.39. The second-order valence-corrected chi connectivity index (χ2v) is 3.39. The summed E-state index contributed by atoms with van der Waals surface area (Å²) in [5.74, 6) is -1.30. The number of benzene rings is 1. The molecule has 3 nitrogen and oxygen atoms in total. The van der Waals surface area contributed by atoms with Crippen LogP contribution >= 0.6 is 0 Å². The van der Waals surface area contributed by atoms with Gasteiger partial charge in [-0.1, -0.05) is 6.07 Å². The lowest BCUT2D eigenvalue weighted by Gasteiger charge is -2.04. The molecule has 1 aromatic carbocycles. The van der Waals surface area contributed by atoms with Crippen LogP contribution in [0.4, 0.5) is 8.78 Å². The van der Waals surface area contributed by atoms with Crippen molar-refractivity contribution in [3.8, 4) is 0 Å². The Labute approximate surface area is 92.8 Å². The molecule has 0 spiro atoms. The molecule has 0 aromatic heterocycles. The van der Waals surface area contributed by atoms with E-state index in [1.165, 1.54) is 12.1 Å². The quantitative estimate of drug-likeness (QED) is 0.750. The fourth-order valence-electron chi connectivity index (χ4n) is 1.37. The molecule has 0 aliphatic rings. The fourth-order valence-corrected chi connectivity index (χ4v) is 1.37. The molecule has 16 heavy (non-hydrogen) atoms. The van der Waals surface area contributed by atoms with Gasteiger partial charge in [0.25, 0.3) is 0 Å². The average Bonchev–Trinajstić information content (AvgIpc) is 2.22. The molecule has 0 saturated heterocycles. The van der Waals surface area contributed by atoms with E-state index in [0.29, 0.717) is 24.8 Å². The van der Waals surface area contributed by atoms with E-state index in [-0.39, 0.29) is 5.91 Å². The summed E-state index contributed by atoms with van der Waals surface area (Å²) in [5.41, 5.74) is 5.35. The highest BCUT2D eigenvalue weighted by atomic mass is 19.1. The van der Waals surface area contributed by atoms with Gasteiger partial charge < -0.3 is 0 Å².